The fourth-order valence-corrected chi connectivity index (χ4v) is 6.71. The number of hydrogen-bond donors (Lipinski definition) is 0. The van der Waals surface area contributed by atoms with Gasteiger partial charge >= 0.3 is 0 Å². The minimum atomic E-state index is -3.72. The molecule has 0 amide bonds. The summed E-state index contributed by atoms with van der Waals surface area (Å²) in [7, 11) is -6.87. The second-order valence-electron chi connectivity index (χ2n) is 8.30. The summed E-state index contributed by atoms with van der Waals surface area (Å²) in [6.45, 7) is 10.4. The molecule has 1 aliphatic rings. The smallest absolute Gasteiger partial charge is 0.229 e. The lowest BCUT2D eigenvalue weighted by atomic mass is 9.87. The van der Waals surface area contributed by atoms with Gasteiger partial charge in [0.2, 0.25) is 10.0 Å². The third-order valence-corrected chi connectivity index (χ3v) is 8.17. The first-order valence-electron chi connectivity index (χ1n) is 8.66. The van der Waals surface area contributed by atoms with Crippen LogP contribution in [0.5, 0.6) is 0 Å². The van der Waals surface area contributed by atoms with Gasteiger partial charge in [0.1, 0.15) is 0 Å². The molecule has 1 heterocycles. The Morgan fingerprint density at radius 1 is 1.16 bits per heavy atom. The highest BCUT2D eigenvalue weighted by Crippen LogP contribution is 2.28. The van der Waals surface area contributed by atoms with E-state index in [0.29, 0.717) is 13.0 Å². The van der Waals surface area contributed by atoms with Crippen molar-refractivity contribution < 1.29 is 16.8 Å². The molecule has 0 aliphatic carbocycles. The summed E-state index contributed by atoms with van der Waals surface area (Å²) in [5.74, 6) is 0.0935. The van der Waals surface area contributed by atoms with Crippen molar-refractivity contribution in [2.24, 2.45) is 5.92 Å². The third-order valence-electron chi connectivity index (χ3n) is 4.49. The van der Waals surface area contributed by atoms with E-state index >= 15 is 0 Å². The van der Waals surface area contributed by atoms with E-state index in [2.05, 4.69) is 20.8 Å². The van der Waals surface area contributed by atoms with Crippen LogP contribution in [0, 0.1) is 5.92 Å². The second kappa shape index (κ2) is 7.00. The van der Waals surface area contributed by atoms with Crippen LogP contribution in [0.3, 0.4) is 0 Å². The predicted octanol–water partition coefficient (Wildman–Crippen LogP) is 2.82. The van der Waals surface area contributed by atoms with E-state index in [0.717, 1.165) is 5.56 Å². The van der Waals surface area contributed by atoms with Gasteiger partial charge in [-0.15, -0.1) is 0 Å². The number of rotatable bonds is 5. The molecule has 0 unspecified atom stereocenters. The van der Waals surface area contributed by atoms with Gasteiger partial charge in [0.15, 0.2) is 9.84 Å². The highest BCUT2D eigenvalue weighted by atomic mass is 32.2. The zero-order valence-electron chi connectivity index (χ0n) is 15.7. The number of sulfone groups is 1. The minimum absolute atomic E-state index is 0.0561. The highest BCUT2D eigenvalue weighted by Gasteiger charge is 2.39. The molecule has 2 rings (SSSR count). The lowest BCUT2D eigenvalue weighted by molar-refractivity contribution is 0.308. The first-order chi connectivity index (χ1) is 11.3. The molecule has 1 atom stereocenters. The molecule has 1 fully saturated rings. The lowest BCUT2D eigenvalue weighted by Gasteiger charge is -2.29. The molecule has 0 saturated carbocycles. The predicted molar refractivity (Wildman–Crippen MR) is 101 cm³/mol. The average Bonchev–Trinajstić information content (AvgIpc) is 2.83. The standard InChI is InChI=1S/C18H29NO4S2/c1-14(2)12-19(16-10-11-24(20,21)13-16)25(22,23)17-8-6-15(7-9-17)18(3,4)5/h6-9,14,16H,10-13H2,1-5H3/t16-/m1/s1. The summed E-state index contributed by atoms with van der Waals surface area (Å²) in [6, 6.07) is 6.47. The molecule has 0 bridgehead atoms. The Bertz CT molecular complexity index is 804. The van der Waals surface area contributed by atoms with Crippen LogP contribution < -0.4 is 0 Å². The minimum Gasteiger partial charge on any atom is -0.229 e. The number of sulfonamides is 1. The highest BCUT2D eigenvalue weighted by molar-refractivity contribution is 7.92. The van der Waals surface area contributed by atoms with Crippen LogP contribution in [-0.4, -0.2) is 45.2 Å². The molecule has 1 aromatic carbocycles. The van der Waals surface area contributed by atoms with Gasteiger partial charge in [0.05, 0.1) is 16.4 Å². The van der Waals surface area contributed by atoms with E-state index in [1.807, 2.05) is 26.0 Å². The van der Waals surface area contributed by atoms with Gasteiger partial charge in [-0.1, -0.05) is 46.8 Å². The molecule has 0 aromatic heterocycles. The SMILES string of the molecule is CC(C)CN([C@@H]1CCS(=O)(=O)C1)S(=O)(=O)c1ccc(C(C)(C)C)cc1. The molecule has 0 N–H and O–H groups in total. The number of benzene rings is 1. The third kappa shape index (κ3) is 4.83. The summed E-state index contributed by atoms with van der Waals surface area (Å²) < 4.78 is 51.4. The van der Waals surface area contributed by atoms with E-state index in [9.17, 15) is 16.8 Å². The zero-order valence-corrected chi connectivity index (χ0v) is 17.3. The molecule has 7 heteroatoms. The molecular formula is C18H29NO4S2. The Kier molecular flexibility index (Phi) is 5.71. The summed E-state index contributed by atoms with van der Waals surface area (Å²) >= 11 is 0. The van der Waals surface area contributed by atoms with Gasteiger partial charge in [-0.3, -0.25) is 0 Å². The van der Waals surface area contributed by atoms with E-state index in [1.54, 1.807) is 12.1 Å². The van der Waals surface area contributed by atoms with Crippen LogP contribution in [0.4, 0.5) is 0 Å². The molecule has 142 valence electrons. The fourth-order valence-electron chi connectivity index (χ4n) is 3.07. The van der Waals surface area contributed by atoms with Crippen LogP contribution in [0.25, 0.3) is 0 Å². The van der Waals surface area contributed by atoms with Crippen LogP contribution in [0.2, 0.25) is 0 Å². The van der Waals surface area contributed by atoms with Crippen molar-refractivity contribution in [1.29, 1.82) is 0 Å². The summed E-state index contributed by atoms with van der Waals surface area (Å²) in [5, 5.41) is 0. The Hall–Kier alpha value is -0.920. The molecule has 0 radical (unpaired) electrons. The van der Waals surface area contributed by atoms with Gasteiger partial charge in [0, 0.05) is 12.6 Å². The van der Waals surface area contributed by atoms with Crippen molar-refractivity contribution in [3.63, 3.8) is 0 Å². The largest absolute Gasteiger partial charge is 0.243 e. The van der Waals surface area contributed by atoms with Crippen molar-refractivity contribution in [3.8, 4) is 0 Å². The molecule has 1 aliphatic heterocycles. The Labute approximate surface area is 152 Å². The summed E-state index contributed by atoms with van der Waals surface area (Å²) in [6.07, 6.45) is 0.369. The maximum absolute atomic E-state index is 13.2. The van der Waals surface area contributed by atoms with Crippen molar-refractivity contribution in [2.45, 2.75) is 57.4 Å². The van der Waals surface area contributed by atoms with Gasteiger partial charge in [0.25, 0.3) is 0 Å². The van der Waals surface area contributed by atoms with Gasteiger partial charge in [-0.05, 0) is 35.4 Å². The van der Waals surface area contributed by atoms with Crippen LogP contribution in [-0.2, 0) is 25.3 Å². The molecule has 1 aromatic rings. The van der Waals surface area contributed by atoms with Crippen molar-refractivity contribution >= 4 is 19.9 Å². The van der Waals surface area contributed by atoms with Crippen molar-refractivity contribution in [1.82, 2.24) is 4.31 Å². The van der Waals surface area contributed by atoms with E-state index in [1.165, 1.54) is 4.31 Å². The van der Waals surface area contributed by atoms with Crippen LogP contribution in [0.15, 0.2) is 29.2 Å². The maximum Gasteiger partial charge on any atom is 0.243 e. The van der Waals surface area contributed by atoms with Gasteiger partial charge in [-0.25, -0.2) is 16.8 Å². The monoisotopic (exact) mass is 387 g/mol. The Morgan fingerprint density at radius 3 is 2.12 bits per heavy atom. The van der Waals surface area contributed by atoms with E-state index in [-0.39, 0.29) is 27.7 Å². The average molecular weight is 388 g/mol. The van der Waals surface area contributed by atoms with Crippen LogP contribution in [0.1, 0.15) is 46.6 Å². The van der Waals surface area contributed by atoms with Crippen molar-refractivity contribution in [2.75, 3.05) is 18.1 Å². The Morgan fingerprint density at radius 2 is 1.72 bits per heavy atom. The van der Waals surface area contributed by atoms with Gasteiger partial charge < -0.3 is 0 Å². The summed E-state index contributed by atoms with van der Waals surface area (Å²) in [4.78, 5) is 0.227. The molecule has 1 saturated heterocycles. The molecule has 25 heavy (non-hydrogen) atoms. The fraction of sp³-hybridized carbons (Fsp3) is 0.667. The van der Waals surface area contributed by atoms with Gasteiger partial charge in [-0.2, -0.15) is 4.31 Å². The van der Waals surface area contributed by atoms with E-state index < -0.39 is 25.9 Å². The lowest BCUT2D eigenvalue weighted by Crippen LogP contribution is -2.43. The van der Waals surface area contributed by atoms with E-state index in [4.69, 9.17) is 0 Å². The maximum atomic E-state index is 13.2. The summed E-state index contributed by atoms with van der Waals surface area (Å²) in [5.41, 5.74) is 1.00. The normalized spacial score (nSPS) is 21.2. The second-order valence-corrected chi connectivity index (χ2v) is 12.4. The topological polar surface area (TPSA) is 71.5 Å². The number of nitrogens with zero attached hydrogens (tertiary/aromatic N) is 1. The molecular weight excluding hydrogens is 358 g/mol. The zero-order chi connectivity index (χ0) is 19.0. The first kappa shape index (κ1) is 20.4. The quantitative estimate of drug-likeness (QED) is 0.779. The first-order valence-corrected chi connectivity index (χ1v) is 11.9. The molecule has 0 spiro atoms. The Balaban J connectivity index is 2.38. The number of hydrogen-bond acceptors (Lipinski definition) is 4. The van der Waals surface area contributed by atoms with Crippen molar-refractivity contribution in [3.05, 3.63) is 29.8 Å². The van der Waals surface area contributed by atoms with Crippen LogP contribution >= 0.6 is 0 Å². The molecule has 5 nitrogen and oxygen atoms in total.